The fourth-order valence-electron chi connectivity index (χ4n) is 4.46. The molecule has 0 unspecified atom stereocenters. The predicted molar refractivity (Wildman–Crippen MR) is 158 cm³/mol. The van der Waals surface area contributed by atoms with Gasteiger partial charge in [0.2, 0.25) is 0 Å². The zero-order valence-corrected chi connectivity index (χ0v) is 24.1. The van der Waals surface area contributed by atoms with Crippen molar-refractivity contribution in [2.45, 2.75) is 135 Å². The Morgan fingerprint density at radius 2 is 1.03 bits per heavy atom. The summed E-state index contributed by atoms with van der Waals surface area (Å²) in [7, 11) is 0. The second-order valence-electron chi connectivity index (χ2n) is 10.1. The Balaban J connectivity index is 1.53. The van der Waals surface area contributed by atoms with Crippen LogP contribution in [0.15, 0.2) is 41.8 Å². The van der Waals surface area contributed by atoms with Crippen LogP contribution in [-0.2, 0) is 0 Å². The maximum absolute atomic E-state index is 5.95. The summed E-state index contributed by atoms with van der Waals surface area (Å²) in [4.78, 5) is 9.15. The Bertz CT molecular complexity index is 748. The van der Waals surface area contributed by atoms with Crippen LogP contribution in [0.25, 0.3) is 11.1 Å². The van der Waals surface area contributed by atoms with Gasteiger partial charge in [-0.1, -0.05) is 140 Å². The highest BCUT2D eigenvalue weighted by molar-refractivity contribution is 7.99. The summed E-state index contributed by atoms with van der Waals surface area (Å²) in [6, 6.07) is 8.35. The van der Waals surface area contributed by atoms with Gasteiger partial charge in [-0.3, -0.25) is 0 Å². The lowest BCUT2D eigenvalue weighted by molar-refractivity contribution is 0.304. The number of benzene rings is 1. The molecule has 0 bridgehead atoms. The number of hydrogen-bond donors (Lipinski definition) is 0. The molecule has 0 radical (unpaired) electrons. The first-order chi connectivity index (χ1) is 17.8. The minimum Gasteiger partial charge on any atom is -0.494 e. The van der Waals surface area contributed by atoms with Crippen molar-refractivity contribution in [1.29, 1.82) is 0 Å². The molecule has 0 aliphatic rings. The number of ether oxygens (including phenoxy) is 1. The number of aromatic nitrogens is 2. The quantitative estimate of drug-likeness (QED) is 0.0842. The van der Waals surface area contributed by atoms with Gasteiger partial charge in [-0.15, -0.1) is 0 Å². The molecule has 3 nitrogen and oxygen atoms in total. The SMILES string of the molecule is CCCCCCCCCCCCOc1ccc(-c2cnc(SCCCCCCCCCC)nc2)cc1. The lowest BCUT2D eigenvalue weighted by Crippen LogP contribution is -1.97. The van der Waals surface area contributed by atoms with Gasteiger partial charge in [-0.05, 0) is 30.5 Å². The lowest BCUT2D eigenvalue weighted by Gasteiger charge is -2.08. The van der Waals surface area contributed by atoms with Crippen molar-refractivity contribution >= 4 is 11.8 Å². The molecule has 36 heavy (non-hydrogen) atoms. The zero-order chi connectivity index (χ0) is 25.5. The maximum atomic E-state index is 5.95. The summed E-state index contributed by atoms with van der Waals surface area (Å²) in [5.74, 6) is 2.06. The monoisotopic (exact) mass is 512 g/mol. The van der Waals surface area contributed by atoms with Crippen LogP contribution < -0.4 is 4.74 Å². The normalized spacial score (nSPS) is 11.2. The minimum absolute atomic E-state index is 0.809. The smallest absolute Gasteiger partial charge is 0.187 e. The Morgan fingerprint density at radius 1 is 0.556 bits per heavy atom. The highest BCUT2D eigenvalue weighted by Gasteiger charge is 2.03. The van der Waals surface area contributed by atoms with E-state index in [9.17, 15) is 0 Å². The van der Waals surface area contributed by atoms with Gasteiger partial charge >= 0.3 is 0 Å². The fourth-order valence-corrected chi connectivity index (χ4v) is 5.25. The Labute approximate surface area is 226 Å². The summed E-state index contributed by atoms with van der Waals surface area (Å²) in [6.45, 7) is 5.36. The van der Waals surface area contributed by atoms with Gasteiger partial charge < -0.3 is 4.74 Å². The maximum Gasteiger partial charge on any atom is 0.187 e. The zero-order valence-electron chi connectivity index (χ0n) is 23.3. The molecule has 4 heteroatoms. The molecule has 0 amide bonds. The van der Waals surface area contributed by atoms with E-state index in [0.717, 1.165) is 40.8 Å². The van der Waals surface area contributed by atoms with Crippen molar-refractivity contribution < 1.29 is 4.74 Å². The minimum atomic E-state index is 0.809. The van der Waals surface area contributed by atoms with Crippen LogP contribution in [-0.4, -0.2) is 22.3 Å². The second kappa shape index (κ2) is 21.5. The van der Waals surface area contributed by atoms with Gasteiger partial charge in [-0.25, -0.2) is 9.97 Å². The van der Waals surface area contributed by atoms with E-state index < -0.39 is 0 Å². The highest BCUT2D eigenvalue weighted by atomic mass is 32.2. The van der Waals surface area contributed by atoms with Crippen LogP contribution in [0.3, 0.4) is 0 Å². The van der Waals surface area contributed by atoms with E-state index in [2.05, 4.69) is 48.1 Å². The van der Waals surface area contributed by atoms with Gasteiger partial charge in [0, 0.05) is 23.7 Å². The third kappa shape index (κ3) is 14.9. The van der Waals surface area contributed by atoms with E-state index in [1.165, 1.54) is 109 Å². The number of unbranched alkanes of at least 4 members (excludes halogenated alkanes) is 16. The van der Waals surface area contributed by atoms with Gasteiger partial charge in [-0.2, -0.15) is 0 Å². The molecule has 0 N–H and O–H groups in total. The van der Waals surface area contributed by atoms with E-state index in [1.807, 2.05) is 12.4 Å². The lowest BCUT2D eigenvalue weighted by atomic mass is 10.1. The van der Waals surface area contributed by atoms with Crippen molar-refractivity contribution in [2.24, 2.45) is 0 Å². The first-order valence-electron chi connectivity index (χ1n) is 15.0. The van der Waals surface area contributed by atoms with Crippen molar-refractivity contribution in [1.82, 2.24) is 9.97 Å². The molecule has 0 aliphatic carbocycles. The summed E-state index contributed by atoms with van der Waals surface area (Å²) in [5, 5.41) is 0.887. The molecule has 0 atom stereocenters. The molecule has 1 aromatic carbocycles. The van der Waals surface area contributed by atoms with Crippen molar-refractivity contribution in [3.8, 4) is 16.9 Å². The summed E-state index contributed by atoms with van der Waals surface area (Å²) >= 11 is 1.78. The molecular formula is C32H52N2OS. The van der Waals surface area contributed by atoms with E-state index in [-0.39, 0.29) is 0 Å². The van der Waals surface area contributed by atoms with Gasteiger partial charge in [0.15, 0.2) is 5.16 Å². The molecule has 2 aromatic rings. The molecule has 0 saturated carbocycles. The van der Waals surface area contributed by atoms with Crippen molar-refractivity contribution in [3.05, 3.63) is 36.7 Å². The number of nitrogens with zero attached hydrogens (tertiary/aromatic N) is 2. The molecule has 202 valence electrons. The van der Waals surface area contributed by atoms with E-state index in [1.54, 1.807) is 11.8 Å². The summed E-state index contributed by atoms with van der Waals surface area (Å²) < 4.78 is 5.95. The predicted octanol–water partition coefficient (Wildman–Crippen LogP) is 10.7. The van der Waals surface area contributed by atoms with Crippen LogP contribution in [0.1, 0.15) is 129 Å². The van der Waals surface area contributed by atoms with E-state index in [4.69, 9.17) is 4.74 Å². The number of thioether (sulfide) groups is 1. The molecule has 0 spiro atoms. The molecule has 0 aliphatic heterocycles. The second-order valence-corrected chi connectivity index (χ2v) is 11.2. The summed E-state index contributed by atoms with van der Waals surface area (Å²) in [6.07, 6.45) is 28.3. The molecule has 1 heterocycles. The Hall–Kier alpha value is -1.55. The van der Waals surface area contributed by atoms with Gasteiger partial charge in [0.05, 0.1) is 6.61 Å². The first-order valence-corrected chi connectivity index (χ1v) is 16.0. The van der Waals surface area contributed by atoms with Crippen LogP contribution in [0, 0.1) is 0 Å². The molecule has 0 fully saturated rings. The third-order valence-electron chi connectivity index (χ3n) is 6.81. The third-order valence-corrected chi connectivity index (χ3v) is 7.77. The van der Waals surface area contributed by atoms with E-state index in [0.29, 0.717) is 0 Å². The molecular weight excluding hydrogens is 460 g/mol. The largest absolute Gasteiger partial charge is 0.494 e. The van der Waals surface area contributed by atoms with Crippen LogP contribution >= 0.6 is 11.8 Å². The van der Waals surface area contributed by atoms with Crippen LogP contribution in [0.5, 0.6) is 5.75 Å². The fraction of sp³-hybridized carbons (Fsp3) is 0.688. The molecule has 0 saturated heterocycles. The van der Waals surface area contributed by atoms with Crippen LogP contribution in [0.4, 0.5) is 0 Å². The average molecular weight is 513 g/mol. The van der Waals surface area contributed by atoms with Crippen molar-refractivity contribution in [2.75, 3.05) is 12.4 Å². The van der Waals surface area contributed by atoms with Gasteiger partial charge in [0.1, 0.15) is 5.75 Å². The number of hydrogen-bond acceptors (Lipinski definition) is 4. The number of rotatable bonds is 23. The summed E-state index contributed by atoms with van der Waals surface area (Å²) in [5.41, 5.74) is 2.20. The topological polar surface area (TPSA) is 35.0 Å². The average Bonchev–Trinajstić information content (AvgIpc) is 2.91. The molecule has 2 rings (SSSR count). The highest BCUT2D eigenvalue weighted by Crippen LogP contribution is 2.23. The van der Waals surface area contributed by atoms with Gasteiger partial charge in [0.25, 0.3) is 0 Å². The van der Waals surface area contributed by atoms with Crippen LogP contribution in [0.2, 0.25) is 0 Å². The molecule has 1 aromatic heterocycles. The van der Waals surface area contributed by atoms with Crippen molar-refractivity contribution in [3.63, 3.8) is 0 Å². The Morgan fingerprint density at radius 3 is 1.56 bits per heavy atom. The Kier molecular flexibility index (Phi) is 18.3. The first kappa shape index (κ1) is 30.7. The van der Waals surface area contributed by atoms with E-state index >= 15 is 0 Å². The standard InChI is InChI=1S/C32H52N2OS/c1-3-5-7-9-11-13-14-15-17-19-25-35-31-23-21-29(22-24-31)30-27-33-32(34-28-30)36-26-20-18-16-12-10-8-6-4-2/h21-24,27-28H,3-20,25-26H2,1-2H3.